The van der Waals surface area contributed by atoms with E-state index in [2.05, 4.69) is 3.63 Å². The second-order valence-electron chi connectivity index (χ2n) is 3.56. The number of hydrogen-bond donors (Lipinski definition) is 4. The fraction of sp³-hybridized carbons (Fsp3) is 0.222. The predicted molar refractivity (Wildman–Crippen MR) is 69.9 cm³/mol. The summed E-state index contributed by atoms with van der Waals surface area (Å²) < 4.78 is 55.6. The van der Waals surface area contributed by atoms with Crippen molar-refractivity contribution in [3.63, 3.8) is 0 Å². The van der Waals surface area contributed by atoms with E-state index in [1.165, 1.54) is 0 Å². The summed E-state index contributed by atoms with van der Waals surface area (Å²) in [6.45, 7) is 0. The van der Waals surface area contributed by atoms with E-state index >= 15 is 0 Å². The van der Waals surface area contributed by atoms with Gasteiger partial charge in [0.05, 0.1) is 0 Å². The third kappa shape index (κ3) is 11.9. The monoisotopic (exact) mass is 343 g/mol. The molecular formula is C9H13NO9S2. The summed E-state index contributed by atoms with van der Waals surface area (Å²) in [5.74, 6) is -0.959. The highest BCUT2D eigenvalue weighted by Crippen LogP contribution is 2.01. The van der Waals surface area contributed by atoms with Crippen LogP contribution in [0.4, 0.5) is 0 Å². The normalized spacial score (nSPS) is 12.9. The lowest BCUT2D eigenvalue weighted by molar-refractivity contribution is -0.138. The molecule has 0 spiro atoms. The molecule has 21 heavy (non-hydrogen) atoms. The van der Waals surface area contributed by atoms with Gasteiger partial charge in [0.2, 0.25) is 0 Å². The molecule has 0 aliphatic carbocycles. The molecule has 0 amide bonds. The van der Waals surface area contributed by atoms with Gasteiger partial charge in [0, 0.05) is 0 Å². The van der Waals surface area contributed by atoms with Crippen molar-refractivity contribution in [1.82, 2.24) is 0 Å². The van der Waals surface area contributed by atoms with Crippen LogP contribution in [-0.4, -0.2) is 43.1 Å². The Bertz CT molecular complexity index is 624. The van der Waals surface area contributed by atoms with Crippen molar-refractivity contribution in [1.29, 1.82) is 0 Å². The second-order valence-corrected chi connectivity index (χ2v) is 5.81. The Kier molecular flexibility index (Phi) is 7.42. The molecule has 10 nitrogen and oxygen atoms in total. The third-order valence-corrected chi connectivity index (χ3v) is 3.16. The summed E-state index contributed by atoms with van der Waals surface area (Å²) in [5.41, 5.74) is 6.30. The average molecular weight is 343 g/mol. The van der Waals surface area contributed by atoms with Crippen LogP contribution in [0.2, 0.25) is 0 Å². The van der Waals surface area contributed by atoms with Gasteiger partial charge in [-0.2, -0.15) is 16.8 Å². The highest BCUT2D eigenvalue weighted by molar-refractivity contribution is 7.94. The van der Waals surface area contributed by atoms with Crippen molar-refractivity contribution in [2.75, 3.05) is 0 Å². The molecule has 0 radical (unpaired) electrons. The molecule has 0 aliphatic rings. The minimum absolute atomic E-state index is 0.385. The molecule has 1 aromatic rings. The summed E-state index contributed by atoms with van der Waals surface area (Å²) >= 11 is 0. The Balaban J connectivity index is 0.000000400. The van der Waals surface area contributed by atoms with Crippen LogP contribution in [0.3, 0.4) is 0 Å². The number of carboxylic acid groups (broad SMARTS) is 1. The van der Waals surface area contributed by atoms with Crippen molar-refractivity contribution in [3.8, 4) is 0 Å². The molecule has 5 N–H and O–H groups in total. The summed E-state index contributed by atoms with van der Waals surface area (Å²) in [7, 11) is -10.2. The largest absolute Gasteiger partial charge is 0.480 e. The smallest absolute Gasteiger partial charge is 0.413 e. The fourth-order valence-electron chi connectivity index (χ4n) is 1.06. The van der Waals surface area contributed by atoms with Crippen LogP contribution >= 0.6 is 0 Å². The number of benzene rings is 1. The van der Waals surface area contributed by atoms with E-state index in [1.54, 1.807) is 0 Å². The molecule has 0 saturated carbocycles. The lowest BCUT2D eigenvalue weighted by atomic mass is 10.1. The highest BCUT2D eigenvalue weighted by Gasteiger charge is 2.15. The number of carbonyl (C=O) groups is 1. The Labute approximate surface area is 121 Å². The van der Waals surface area contributed by atoms with Gasteiger partial charge in [0.25, 0.3) is 0 Å². The minimum Gasteiger partial charge on any atom is -0.480 e. The van der Waals surface area contributed by atoms with Crippen LogP contribution in [0.5, 0.6) is 0 Å². The standard InChI is InChI=1S/C9H11NO2.H2O7S2/c10-8(9(11)12)6-7-4-2-1-3-5-7;1-8(2,3)7-9(4,5)6/h1-5,8H,6,10H2,(H,11,12);(H,1,2,3)(H,4,5,6). The van der Waals surface area contributed by atoms with Crippen LogP contribution in [0.1, 0.15) is 5.56 Å². The maximum atomic E-state index is 10.4. The minimum atomic E-state index is -5.12. The zero-order valence-electron chi connectivity index (χ0n) is 10.4. The van der Waals surface area contributed by atoms with Crippen LogP contribution in [-0.2, 0) is 35.6 Å². The van der Waals surface area contributed by atoms with Crippen molar-refractivity contribution in [2.45, 2.75) is 12.5 Å². The Morgan fingerprint density at radius 2 is 1.52 bits per heavy atom. The molecule has 0 bridgehead atoms. The van der Waals surface area contributed by atoms with Gasteiger partial charge in [-0.05, 0) is 12.0 Å². The zero-order valence-corrected chi connectivity index (χ0v) is 12.0. The highest BCUT2D eigenvalue weighted by atomic mass is 32.3. The van der Waals surface area contributed by atoms with Gasteiger partial charge in [0.15, 0.2) is 0 Å². The number of rotatable bonds is 5. The van der Waals surface area contributed by atoms with Crippen molar-refractivity contribution in [3.05, 3.63) is 35.9 Å². The molecule has 1 rings (SSSR count). The van der Waals surface area contributed by atoms with E-state index in [4.69, 9.17) is 19.9 Å². The number of carboxylic acids is 1. The van der Waals surface area contributed by atoms with Gasteiger partial charge in [-0.15, -0.1) is 3.63 Å². The Hall–Kier alpha value is -1.57. The zero-order chi connectivity index (χ0) is 16.7. The van der Waals surface area contributed by atoms with Gasteiger partial charge >= 0.3 is 26.8 Å². The lowest BCUT2D eigenvalue weighted by Gasteiger charge is -2.04. The summed E-state index contributed by atoms with van der Waals surface area (Å²) in [4.78, 5) is 10.4. The third-order valence-electron chi connectivity index (χ3n) is 1.79. The van der Waals surface area contributed by atoms with E-state index in [0.29, 0.717) is 6.42 Å². The van der Waals surface area contributed by atoms with E-state index in [9.17, 15) is 21.6 Å². The first-order valence-corrected chi connectivity index (χ1v) is 7.82. The first-order valence-electron chi connectivity index (χ1n) is 5.09. The maximum absolute atomic E-state index is 10.4. The molecule has 0 fully saturated rings. The average Bonchev–Trinajstić information content (AvgIpc) is 2.26. The van der Waals surface area contributed by atoms with Crippen molar-refractivity contribution >= 4 is 26.8 Å². The topological polar surface area (TPSA) is 181 Å². The molecule has 0 heterocycles. The molecule has 120 valence electrons. The summed E-state index contributed by atoms with van der Waals surface area (Å²) in [6.07, 6.45) is 0.385. The molecule has 0 aromatic heterocycles. The van der Waals surface area contributed by atoms with Gasteiger partial charge in [0.1, 0.15) is 6.04 Å². The summed E-state index contributed by atoms with van der Waals surface area (Å²) in [5, 5.41) is 8.52. The Morgan fingerprint density at radius 1 is 1.10 bits per heavy atom. The predicted octanol–water partition coefficient (Wildman–Crippen LogP) is -0.750. The van der Waals surface area contributed by atoms with Gasteiger partial charge in [-0.25, -0.2) is 0 Å². The van der Waals surface area contributed by atoms with Crippen molar-refractivity contribution in [2.24, 2.45) is 5.73 Å². The van der Waals surface area contributed by atoms with E-state index in [-0.39, 0.29) is 0 Å². The van der Waals surface area contributed by atoms with E-state index in [1.807, 2.05) is 30.3 Å². The molecule has 1 unspecified atom stereocenters. The van der Waals surface area contributed by atoms with Crippen LogP contribution in [0.25, 0.3) is 0 Å². The van der Waals surface area contributed by atoms with Crippen LogP contribution in [0.15, 0.2) is 30.3 Å². The van der Waals surface area contributed by atoms with E-state index in [0.717, 1.165) is 5.56 Å². The van der Waals surface area contributed by atoms with E-state index < -0.39 is 32.8 Å². The molecule has 0 saturated heterocycles. The lowest BCUT2D eigenvalue weighted by Crippen LogP contribution is -2.32. The fourth-order valence-corrected chi connectivity index (χ4v) is 1.93. The molecule has 12 heteroatoms. The number of hydrogen-bond acceptors (Lipinski definition) is 7. The van der Waals surface area contributed by atoms with Gasteiger partial charge in [-0.1, -0.05) is 30.3 Å². The van der Waals surface area contributed by atoms with Crippen LogP contribution in [0, 0.1) is 0 Å². The second kappa shape index (κ2) is 8.02. The van der Waals surface area contributed by atoms with Gasteiger partial charge in [-0.3, -0.25) is 13.9 Å². The number of aliphatic carboxylic acids is 1. The van der Waals surface area contributed by atoms with Gasteiger partial charge < -0.3 is 10.8 Å². The molecule has 0 aliphatic heterocycles. The summed E-state index contributed by atoms with van der Waals surface area (Å²) in [6, 6.07) is 8.54. The molecule has 1 aromatic carbocycles. The Morgan fingerprint density at radius 3 is 1.81 bits per heavy atom. The SMILES string of the molecule is NC(Cc1ccccc1)C(=O)O.O=S(=O)(O)OS(=O)(=O)O. The first kappa shape index (κ1) is 19.4. The van der Waals surface area contributed by atoms with Crippen LogP contribution < -0.4 is 5.73 Å². The quantitative estimate of drug-likeness (QED) is 0.496. The van der Waals surface area contributed by atoms with Crippen molar-refractivity contribution < 1.29 is 39.5 Å². The first-order chi connectivity index (χ1) is 9.41. The maximum Gasteiger partial charge on any atom is 0.413 e. The number of nitrogens with two attached hydrogens (primary N) is 1. The molecular weight excluding hydrogens is 330 g/mol. The molecule has 1 atom stereocenters.